The lowest BCUT2D eigenvalue weighted by atomic mass is 9.98. The predicted octanol–water partition coefficient (Wildman–Crippen LogP) is 3.41. The molecule has 4 heteroatoms. The van der Waals surface area contributed by atoms with Crippen molar-refractivity contribution in [2.75, 3.05) is 0 Å². The second kappa shape index (κ2) is 4.63. The minimum Gasteiger partial charge on any atom is -0.475 e. The van der Waals surface area contributed by atoms with Gasteiger partial charge in [-0.1, -0.05) is 18.2 Å². The second-order valence-electron chi connectivity index (χ2n) is 6.06. The maximum Gasteiger partial charge on any atom is 0.372 e. The zero-order chi connectivity index (χ0) is 14.3. The maximum absolute atomic E-state index is 11.3. The van der Waals surface area contributed by atoms with Gasteiger partial charge >= 0.3 is 5.97 Å². The first kappa shape index (κ1) is 13.2. The van der Waals surface area contributed by atoms with Crippen LogP contribution in [0, 0.1) is 5.92 Å². The number of para-hydroxylation sites is 1. The third-order valence-electron chi connectivity index (χ3n) is 4.21. The van der Waals surface area contributed by atoms with Gasteiger partial charge in [0, 0.05) is 23.0 Å². The summed E-state index contributed by atoms with van der Waals surface area (Å²) in [6, 6.07) is 7.46. The molecule has 0 unspecified atom stereocenters. The van der Waals surface area contributed by atoms with Crippen molar-refractivity contribution >= 4 is 16.9 Å². The Morgan fingerprint density at radius 1 is 1.40 bits per heavy atom. The summed E-state index contributed by atoms with van der Waals surface area (Å²) in [4.78, 5) is 11.3. The van der Waals surface area contributed by atoms with E-state index in [1.807, 2.05) is 18.2 Å². The monoisotopic (exact) mass is 273 g/mol. The first-order valence-electron chi connectivity index (χ1n) is 6.98. The lowest BCUT2D eigenvalue weighted by Gasteiger charge is -2.26. The molecule has 1 aromatic carbocycles. The summed E-state index contributed by atoms with van der Waals surface area (Å²) in [7, 11) is 0. The van der Waals surface area contributed by atoms with Gasteiger partial charge in [-0.2, -0.15) is 0 Å². The number of hydrogen-bond donors (Lipinski definition) is 2. The minimum absolute atomic E-state index is 0.0359. The van der Waals surface area contributed by atoms with Gasteiger partial charge in [0.25, 0.3) is 0 Å². The van der Waals surface area contributed by atoms with Crippen LogP contribution in [0.2, 0.25) is 0 Å². The van der Waals surface area contributed by atoms with E-state index in [0.717, 1.165) is 10.9 Å². The van der Waals surface area contributed by atoms with Crippen molar-refractivity contribution in [3.63, 3.8) is 0 Å². The molecule has 106 valence electrons. The molecule has 0 atom stereocenters. The molecule has 2 aromatic rings. The summed E-state index contributed by atoms with van der Waals surface area (Å²) < 4.78 is 5.46. The molecule has 1 saturated carbocycles. The predicted molar refractivity (Wildman–Crippen MR) is 76.8 cm³/mol. The molecule has 0 spiro atoms. The standard InChI is InChI=1S/C16H19NO3/c1-16(2,10-7-8-10)17-9-12-11-5-3-4-6-13(11)20-14(12)15(18)19/h3-6,10,17H,7-9H2,1-2H3,(H,18,19). The lowest BCUT2D eigenvalue weighted by molar-refractivity contribution is 0.0662. The molecule has 0 radical (unpaired) electrons. The van der Waals surface area contributed by atoms with Crippen LogP contribution < -0.4 is 5.32 Å². The van der Waals surface area contributed by atoms with Crippen molar-refractivity contribution in [2.24, 2.45) is 5.92 Å². The highest BCUT2D eigenvalue weighted by molar-refractivity contribution is 5.95. The summed E-state index contributed by atoms with van der Waals surface area (Å²) in [5.74, 6) is -0.276. The van der Waals surface area contributed by atoms with Crippen molar-refractivity contribution in [1.29, 1.82) is 0 Å². The largest absolute Gasteiger partial charge is 0.475 e. The SMILES string of the molecule is CC(C)(NCc1c(C(=O)O)oc2ccccc12)C1CC1. The van der Waals surface area contributed by atoms with Crippen molar-refractivity contribution in [1.82, 2.24) is 5.32 Å². The summed E-state index contributed by atoms with van der Waals surface area (Å²) in [5.41, 5.74) is 1.40. The Labute approximate surface area is 117 Å². The lowest BCUT2D eigenvalue weighted by Crippen LogP contribution is -2.40. The average molecular weight is 273 g/mol. The Hall–Kier alpha value is -1.81. The molecule has 1 aromatic heterocycles. The van der Waals surface area contributed by atoms with Crippen LogP contribution in [0.25, 0.3) is 11.0 Å². The van der Waals surface area contributed by atoms with Crippen LogP contribution in [-0.4, -0.2) is 16.6 Å². The van der Waals surface area contributed by atoms with Gasteiger partial charge in [-0.05, 0) is 38.7 Å². The molecule has 0 bridgehead atoms. The van der Waals surface area contributed by atoms with E-state index >= 15 is 0 Å². The zero-order valence-electron chi connectivity index (χ0n) is 11.8. The van der Waals surface area contributed by atoms with Crippen LogP contribution in [0.4, 0.5) is 0 Å². The molecule has 1 heterocycles. The van der Waals surface area contributed by atoms with E-state index in [0.29, 0.717) is 18.0 Å². The molecule has 1 fully saturated rings. The number of fused-ring (bicyclic) bond motifs is 1. The van der Waals surface area contributed by atoms with Crippen LogP contribution in [0.15, 0.2) is 28.7 Å². The van der Waals surface area contributed by atoms with E-state index in [1.54, 1.807) is 6.07 Å². The number of rotatable bonds is 5. The smallest absolute Gasteiger partial charge is 0.372 e. The van der Waals surface area contributed by atoms with E-state index in [4.69, 9.17) is 4.42 Å². The van der Waals surface area contributed by atoms with Crippen molar-refractivity contribution in [2.45, 2.75) is 38.8 Å². The summed E-state index contributed by atoms with van der Waals surface area (Å²) in [6.45, 7) is 4.86. The molecular formula is C16H19NO3. The van der Waals surface area contributed by atoms with Crippen LogP contribution in [0.5, 0.6) is 0 Å². The molecule has 0 aliphatic heterocycles. The number of furan rings is 1. The van der Waals surface area contributed by atoms with E-state index in [1.165, 1.54) is 12.8 Å². The Bertz CT molecular complexity index is 653. The molecule has 0 saturated heterocycles. The zero-order valence-corrected chi connectivity index (χ0v) is 11.8. The van der Waals surface area contributed by atoms with Gasteiger partial charge in [0.1, 0.15) is 5.58 Å². The van der Waals surface area contributed by atoms with Crippen molar-refractivity contribution < 1.29 is 14.3 Å². The van der Waals surface area contributed by atoms with Gasteiger partial charge in [-0.15, -0.1) is 0 Å². The topological polar surface area (TPSA) is 62.5 Å². The van der Waals surface area contributed by atoms with E-state index in [9.17, 15) is 9.90 Å². The molecule has 2 N–H and O–H groups in total. The Morgan fingerprint density at radius 3 is 2.75 bits per heavy atom. The van der Waals surface area contributed by atoms with Crippen LogP contribution in [0.3, 0.4) is 0 Å². The van der Waals surface area contributed by atoms with Crippen LogP contribution in [0.1, 0.15) is 42.8 Å². The van der Waals surface area contributed by atoms with E-state index < -0.39 is 5.97 Å². The number of nitrogens with one attached hydrogen (secondary N) is 1. The third-order valence-corrected chi connectivity index (χ3v) is 4.21. The van der Waals surface area contributed by atoms with Crippen LogP contribution >= 0.6 is 0 Å². The van der Waals surface area contributed by atoms with Crippen molar-refractivity contribution in [3.8, 4) is 0 Å². The summed E-state index contributed by atoms with van der Waals surface area (Å²) in [6.07, 6.45) is 2.50. The number of carbonyl (C=O) groups is 1. The highest BCUT2D eigenvalue weighted by Crippen LogP contribution is 2.39. The number of carboxylic acids is 1. The van der Waals surface area contributed by atoms with Gasteiger partial charge in [0.2, 0.25) is 5.76 Å². The quantitative estimate of drug-likeness (QED) is 0.876. The fourth-order valence-corrected chi connectivity index (χ4v) is 2.71. The molecule has 1 aliphatic rings. The van der Waals surface area contributed by atoms with E-state index in [-0.39, 0.29) is 11.3 Å². The Morgan fingerprint density at radius 2 is 2.10 bits per heavy atom. The van der Waals surface area contributed by atoms with Gasteiger partial charge in [-0.25, -0.2) is 4.79 Å². The number of benzene rings is 1. The van der Waals surface area contributed by atoms with E-state index in [2.05, 4.69) is 19.2 Å². The first-order valence-corrected chi connectivity index (χ1v) is 6.98. The summed E-state index contributed by atoms with van der Waals surface area (Å²) >= 11 is 0. The molecule has 0 amide bonds. The minimum atomic E-state index is -1.01. The van der Waals surface area contributed by atoms with Crippen LogP contribution in [-0.2, 0) is 6.54 Å². The second-order valence-corrected chi connectivity index (χ2v) is 6.06. The van der Waals surface area contributed by atoms with Gasteiger partial charge in [0.15, 0.2) is 0 Å². The normalized spacial score (nSPS) is 15.7. The molecular weight excluding hydrogens is 254 g/mol. The fraction of sp³-hybridized carbons (Fsp3) is 0.438. The Kier molecular flexibility index (Phi) is 3.05. The number of aromatic carboxylic acids is 1. The number of hydrogen-bond acceptors (Lipinski definition) is 3. The van der Waals surface area contributed by atoms with Crippen molar-refractivity contribution in [3.05, 3.63) is 35.6 Å². The highest BCUT2D eigenvalue weighted by Gasteiger charge is 2.37. The maximum atomic E-state index is 11.3. The molecule has 4 nitrogen and oxygen atoms in total. The highest BCUT2D eigenvalue weighted by atomic mass is 16.4. The third kappa shape index (κ3) is 2.31. The summed E-state index contributed by atoms with van der Waals surface area (Å²) in [5, 5.41) is 13.7. The molecule has 3 rings (SSSR count). The molecule has 1 aliphatic carbocycles. The Balaban J connectivity index is 1.92. The number of carboxylic acid groups (broad SMARTS) is 1. The van der Waals surface area contributed by atoms with Gasteiger partial charge in [-0.3, -0.25) is 0 Å². The fourth-order valence-electron chi connectivity index (χ4n) is 2.71. The average Bonchev–Trinajstić information content (AvgIpc) is 3.19. The first-order chi connectivity index (χ1) is 9.49. The van der Waals surface area contributed by atoms with Gasteiger partial charge < -0.3 is 14.8 Å². The van der Waals surface area contributed by atoms with Gasteiger partial charge in [0.05, 0.1) is 0 Å². The molecule has 20 heavy (non-hydrogen) atoms.